The fourth-order valence-corrected chi connectivity index (χ4v) is 3.70. The van der Waals surface area contributed by atoms with Crippen molar-refractivity contribution in [3.63, 3.8) is 0 Å². The highest BCUT2D eigenvalue weighted by Crippen LogP contribution is 2.55. The summed E-state index contributed by atoms with van der Waals surface area (Å²) in [6, 6.07) is 7.17. The predicted molar refractivity (Wildman–Crippen MR) is 77.9 cm³/mol. The van der Waals surface area contributed by atoms with Crippen molar-refractivity contribution in [3.8, 4) is 0 Å². The molecule has 3 heteroatoms. The highest BCUT2D eigenvalue weighted by molar-refractivity contribution is 5.89. The third-order valence-electron chi connectivity index (χ3n) is 5.25. The smallest absolute Gasteiger partial charge is 0.335 e. The van der Waals surface area contributed by atoms with Crippen LogP contribution in [0, 0.1) is 17.3 Å². The number of Topliss-reactive ketones (excluding diaryl/α,β-unsaturated/α-hetero) is 1. The molecule has 2 rings (SSSR count). The number of hydrogen-bond donors (Lipinski definition) is 1. The molecule has 0 saturated heterocycles. The highest BCUT2D eigenvalue weighted by Gasteiger charge is 2.49. The van der Waals surface area contributed by atoms with E-state index in [1.165, 1.54) is 0 Å². The summed E-state index contributed by atoms with van der Waals surface area (Å²) >= 11 is 0. The van der Waals surface area contributed by atoms with E-state index in [1.54, 1.807) is 19.1 Å². The van der Waals surface area contributed by atoms with Crippen LogP contribution in [0.25, 0.3) is 0 Å². The van der Waals surface area contributed by atoms with Crippen LogP contribution in [0.1, 0.15) is 56.0 Å². The Morgan fingerprint density at radius 3 is 2.35 bits per heavy atom. The third kappa shape index (κ3) is 2.26. The molecule has 1 aromatic carbocycles. The molecule has 0 radical (unpaired) electrons. The molecule has 1 saturated carbocycles. The Kier molecular flexibility index (Phi) is 3.72. The third-order valence-corrected chi connectivity index (χ3v) is 5.25. The number of carbonyl (C=O) groups excluding carboxylic acids is 1. The first-order valence-electron chi connectivity index (χ1n) is 7.09. The van der Waals surface area contributed by atoms with Crippen molar-refractivity contribution in [2.24, 2.45) is 17.3 Å². The zero-order valence-electron chi connectivity index (χ0n) is 12.5. The van der Waals surface area contributed by atoms with E-state index in [2.05, 4.69) is 20.8 Å². The topological polar surface area (TPSA) is 54.4 Å². The maximum atomic E-state index is 11.9. The van der Waals surface area contributed by atoms with Crippen LogP contribution in [-0.2, 0) is 4.79 Å². The van der Waals surface area contributed by atoms with Crippen LogP contribution >= 0.6 is 0 Å². The fraction of sp³-hybridized carbons (Fsp3) is 0.529. The minimum Gasteiger partial charge on any atom is -0.478 e. The van der Waals surface area contributed by atoms with Gasteiger partial charge in [0.25, 0.3) is 0 Å². The normalized spacial score (nSPS) is 28.3. The Morgan fingerprint density at radius 1 is 1.25 bits per heavy atom. The highest BCUT2D eigenvalue weighted by atomic mass is 16.4. The van der Waals surface area contributed by atoms with E-state index in [0.717, 1.165) is 12.0 Å². The predicted octanol–water partition coefficient (Wildman–Crippen LogP) is 3.74. The van der Waals surface area contributed by atoms with Gasteiger partial charge in [-0.05, 0) is 42.2 Å². The van der Waals surface area contributed by atoms with Gasteiger partial charge in [0, 0.05) is 5.92 Å². The molecule has 0 heterocycles. The minimum atomic E-state index is -0.892. The molecule has 1 N–H and O–H groups in total. The summed E-state index contributed by atoms with van der Waals surface area (Å²) in [5.41, 5.74) is 1.14. The fourth-order valence-electron chi connectivity index (χ4n) is 3.70. The van der Waals surface area contributed by atoms with Crippen LogP contribution in [0.3, 0.4) is 0 Å². The molecular weight excluding hydrogens is 252 g/mol. The minimum absolute atomic E-state index is 0.00403. The number of ketones is 1. The molecule has 0 amide bonds. The van der Waals surface area contributed by atoms with Crippen molar-refractivity contribution in [1.29, 1.82) is 0 Å². The molecule has 1 aliphatic rings. The van der Waals surface area contributed by atoms with Crippen molar-refractivity contribution in [3.05, 3.63) is 35.4 Å². The number of benzene rings is 1. The van der Waals surface area contributed by atoms with Gasteiger partial charge in [0.2, 0.25) is 0 Å². The standard InChI is InChI=1S/C17H22O3/c1-10-14(9-15(11(2)18)17(10,3)4)12-7-5-6-8-13(12)16(19)20/h5-8,10,14-15H,9H2,1-4H3,(H,19,20). The molecular formula is C17H22O3. The number of aromatic carboxylic acids is 1. The summed E-state index contributed by atoms with van der Waals surface area (Å²) < 4.78 is 0. The molecule has 1 aromatic rings. The lowest BCUT2D eigenvalue weighted by Gasteiger charge is -2.31. The van der Waals surface area contributed by atoms with E-state index >= 15 is 0 Å². The molecule has 3 unspecified atom stereocenters. The van der Waals surface area contributed by atoms with Gasteiger partial charge in [-0.1, -0.05) is 39.0 Å². The van der Waals surface area contributed by atoms with E-state index in [9.17, 15) is 14.7 Å². The zero-order valence-corrected chi connectivity index (χ0v) is 12.5. The van der Waals surface area contributed by atoms with Gasteiger partial charge in [0.05, 0.1) is 5.56 Å². The zero-order chi connectivity index (χ0) is 15.1. The molecule has 3 nitrogen and oxygen atoms in total. The largest absolute Gasteiger partial charge is 0.478 e. The van der Waals surface area contributed by atoms with Gasteiger partial charge in [0.15, 0.2) is 0 Å². The quantitative estimate of drug-likeness (QED) is 0.913. The van der Waals surface area contributed by atoms with Gasteiger partial charge in [-0.2, -0.15) is 0 Å². The van der Waals surface area contributed by atoms with Crippen LogP contribution in [0.15, 0.2) is 24.3 Å². The van der Waals surface area contributed by atoms with E-state index in [-0.39, 0.29) is 29.0 Å². The SMILES string of the molecule is CC(=O)C1CC(c2ccccc2C(=O)O)C(C)C1(C)C. The number of carbonyl (C=O) groups is 2. The molecule has 0 spiro atoms. The molecule has 0 aromatic heterocycles. The maximum Gasteiger partial charge on any atom is 0.335 e. The van der Waals surface area contributed by atoms with Crippen molar-refractivity contribution in [1.82, 2.24) is 0 Å². The molecule has 3 atom stereocenters. The maximum absolute atomic E-state index is 11.9. The Morgan fingerprint density at radius 2 is 1.85 bits per heavy atom. The first-order chi connectivity index (χ1) is 9.26. The summed E-state index contributed by atoms with van der Waals surface area (Å²) in [4.78, 5) is 23.3. The second-order valence-corrected chi connectivity index (χ2v) is 6.51. The average Bonchev–Trinajstić information content (AvgIpc) is 2.61. The molecule has 20 heavy (non-hydrogen) atoms. The second kappa shape index (κ2) is 5.04. The van der Waals surface area contributed by atoms with Gasteiger partial charge in [0.1, 0.15) is 5.78 Å². The van der Waals surface area contributed by atoms with Crippen LogP contribution in [-0.4, -0.2) is 16.9 Å². The van der Waals surface area contributed by atoms with Gasteiger partial charge >= 0.3 is 5.97 Å². The summed E-state index contributed by atoms with van der Waals surface area (Å²) in [5, 5.41) is 9.35. The monoisotopic (exact) mass is 274 g/mol. The van der Waals surface area contributed by atoms with Gasteiger partial charge < -0.3 is 5.11 Å². The molecule has 0 aliphatic heterocycles. The number of rotatable bonds is 3. The van der Waals surface area contributed by atoms with Crippen LogP contribution in [0.5, 0.6) is 0 Å². The van der Waals surface area contributed by atoms with E-state index in [0.29, 0.717) is 5.56 Å². The average molecular weight is 274 g/mol. The number of carboxylic acids is 1. The van der Waals surface area contributed by atoms with Gasteiger partial charge in [-0.3, -0.25) is 4.79 Å². The van der Waals surface area contributed by atoms with Crippen molar-refractivity contribution in [2.75, 3.05) is 0 Å². The van der Waals surface area contributed by atoms with E-state index < -0.39 is 5.97 Å². The second-order valence-electron chi connectivity index (χ2n) is 6.51. The first kappa shape index (κ1) is 14.8. The lowest BCUT2D eigenvalue weighted by Crippen LogP contribution is -2.28. The van der Waals surface area contributed by atoms with E-state index in [1.807, 2.05) is 12.1 Å². The van der Waals surface area contributed by atoms with Crippen molar-refractivity contribution >= 4 is 11.8 Å². The summed E-state index contributed by atoms with van der Waals surface area (Å²) in [7, 11) is 0. The molecule has 108 valence electrons. The van der Waals surface area contributed by atoms with Crippen molar-refractivity contribution < 1.29 is 14.7 Å². The van der Waals surface area contributed by atoms with E-state index in [4.69, 9.17) is 0 Å². The van der Waals surface area contributed by atoms with Crippen molar-refractivity contribution in [2.45, 2.75) is 40.0 Å². The molecule has 0 bridgehead atoms. The Labute approximate surface area is 120 Å². The Bertz CT molecular complexity index is 545. The first-order valence-corrected chi connectivity index (χ1v) is 7.09. The Balaban J connectivity index is 2.45. The van der Waals surface area contributed by atoms with Gasteiger partial charge in [-0.25, -0.2) is 4.79 Å². The van der Waals surface area contributed by atoms with Crippen LogP contribution < -0.4 is 0 Å². The lowest BCUT2D eigenvalue weighted by atomic mass is 9.73. The van der Waals surface area contributed by atoms with Crippen LogP contribution in [0.2, 0.25) is 0 Å². The Hall–Kier alpha value is -1.64. The van der Waals surface area contributed by atoms with Crippen LogP contribution in [0.4, 0.5) is 0 Å². The van der Waals surface area contributed by atoms with Gasteiger partial charge in [-0.15, -0.1) is 0 Å². The summed E-state index contributed by atoms with van der Waals surface area (Å²) in [6.45, 7) is 8.01. The lowest BCUT2D eigenvalue weighted by molar-refractivity contribution is -0.123. The molecule has 1 fully saturated rings. The molecule has 1 aliphatic carbocycles. The summed E-state index contributed by atoms with van der Waals surface area (Å²) in [5.74, 6) is -0.276. The number of hydrogen-bond acceptors (Lipinski definition) is 2. The summed E-state index contributed by atoms with van der Waals surface area (Å²) in [6.07, 6.45) is 0.744. The number of carboxylic acid groups (broad SMARTS) is 1.